The molecule has 0 bridgehead atoms. The predicted octanol–water partition coefficient (Wildman–Crippen LogP) is 2.10. The summed E-state index contributed by atoms with van der Waals surface area (Å²) in [4.78, 5) is 0.0112. The molecule has 0 spiro atoms. The minimum Gasteiger partial charge on any atom is -0.326 e. The van der Waals surface area contributed by atoms with Gasteiger partial charge < -0.3 is 5.73 Å². The number of halogens is 1. The minimum atomic E-state index is -3.64. The fraction of sp³-hybridized carbons (Fsp3) is 0.571. The van der Waals surface area contributed by atoms with Crippen molar-refractivity contribution in [2.45, 2.75) is 37.6 Å². The van der Waals surface area contributed by atoms with Gasteiger partial charge in [-0.05, 0) is 36.5 Å². The van der Waals surface area contributed by atoms with E-state index in [4.69, 9.17) is 5.73 Å². The topological polar surface area (TPSA) is 63.4 Å². The third-order valence-electron chi connectivity index (χ3n) is 3.81. The lowest BCUT2D eigenvalue weighted by atomic mass is 10.0. The molecular weight excluding hydrogens is 279 g/mol. The second-order valence-electron chi connectivity index (χ2n) is 5.26. The molecule has 0 amide bonds. The summed E-state index contributed by atoms with van der Waals surface area (Å²) in [6.07, 6.45) is 2.95. The molecule has 112 valence electrons. The molecule has 0 aliphatic carbocycles. The van der Waals surface area contributed by atoms with Crippen LogP contribution < -0.4 is 5.73 Å². The molecule has 1 fully saturated rings. The van der Waals surface area contributed by atoms with Crippen molar-refractivity contribution < 1.29 is 12.8 Å². The van der Waals surface area contributed by atoms with E-state index in [-0.39, 0.29) is 11.4 Å². The Balaban J connectivity index is 2.29. The first-order valence-electron chi connectivity index (χ1n) is 6.97. The molecule has 1 aromatic rings. The van der Waals surface area contributed by atoms with Gasteiger partial charge in [-0.2, -0.15) is 4.31 Å². The quantitative estimate of drug-likeness (QED) is 0.905. The highest BCUT2D eigenvalue weighted by Crippen LogP contribution is 2.28. The molecule has 1 heterocycles. The van der Waals surface area contributed by atoms with E-state index in [0.717, 1.165) is 25.3 Å². The summed E-state index contributed by atoms with van der Waals surface area (Å²) in [6.45, 7) is 3.21. The van der Waals surface area contributed by atoms with Crippen LogP contribution in [0.15, 0.2) is 23.1 Å². The molecule has 2 N–H and O–H groups in total. The summed E-state index contributed by atoms with van der Waals surface area (Å²) in [5, 5.41) is 0. The van der Waals surface area contributed by atoms with E-state index in [9.17, 15) is 12.8 Å². The molecule has 1 aromatic carbocycles. The largest absolute Gasteiger partial charge is 0.326 e. The fourth-order valence-corrected chi connectivity index (χ4v) is 4.51. The van der Waals surface area contributed by atoms with Crippen LogP contribution in [0.1, 0.15) is 31.7 Å². The third kappa shape index (κ3) is 3.02. The SMILES string of the molecule is CCCC1CCN(S(=O)(=O)c2cc(F)ccc2CN)C1. The first kappa shape index (κ1) is 15.4. The number of nitrogens with two attached hydrogens (primary N) is 1. The van der Waals surface area contributed by atoms with Crippen molar-refractivity contribution in [1.29, 1.82) is 0 Å². The zero-order valence-corrected chi connectivity index (χ0v) is 12.5. The number of sulfonamides is 1. The van der Waals surface area contributed by atoms with Crippen molar-refractivity contribution in [3.8, 4) is 0 Å². The van der Waals surface area contributed by atoms with Crippen LogP contribution in [-0.2, 0) is 16.6 Å². The average molecular weight is 300 g/mol. The van der Waals surface area contributed by atoms with Crippen LogP contribution in [0, 0.1) is 11.7 Å². The molecule has 4 nitrogen and oxygen atoms in total. The summed E-state index contributed by atoms with van der Waals surface area (Å²) in [6, 6.07) is 3.76. The van der Waals surface area contributed by atoms with Crippen molar-refractivity contribution in [3.05, 3.63) is 29.6 Å². The van der Waals surface area contributed by atoms with Gasteiger partial charge in [0, 0.05) is 19.6 Å². The van der Waals surface area contributed by atoms with E-state index in [0.29, 0.717) is 24.6 Å². The Morgan fingerprint density at radius 1 is 1.45 bits per heavy atom. The van der Waals surface area contributed by atoms with Gasteiger partial charge in [0.25, 0.3) is 0 Å². The first-order valence-corrected chi connectivity index (χ1v) is 8.41. The molecule has 1 atom stereocenters. The molecular formula is C14H21FN2O2S. The lowest BCUT2D eigenvalue weighted by Crippen LogP contribution is -2.30. The Morgan fingerprint density at radius 2 is 2.20 bits per heavy atom. The molecule has 1 unspecified atom stereocenters. The maximum absolute atomic E-state index is 13.4. The normalized spacial score (nSPS) is 20.4. The molecule has 2 rings (SSSR count). The maximum atomic E-state index is 13.4. The van der Waals surface area contributed by atoms with Crippen LogP contribution in [0.5, 0.6) is 0 Å². The van der Waals surface area contributed by atoms with E-state index in [1.807, 2.05) is 0 Å². The summed E-state index contributed by atoms with van der Waals surface area (Å²) in [5.74, 6) is -0.144. The second kappa shape index (κ2) is 6.20. The van der Waals surface area contributed by atoms with Gasteiger partial charge >= 0.3 is 0 Å². The van der Waals surface area contributed by atoms with Crippen molar-refractivity contribution >= 4 is 10.0 Å². The van der Waals surface area contributed by atoms with Crippen molar-refractivity contribution in [3.63, 3.8) is 0 Å². The summed E-state index contributed by atoms with van der Waals surface area (Å²) < 4.78 is 40.1. The van der Waals surface area contributed by atoms with E-state index in [2.05, 4.69) is 6.92 Å². The van der Waals surface area contributed by atoms with Gasteiger partial charge in [0.15, 0.2) is 0 Å². The predicted molar refractivity (Wildman–Crippen MR) is 76.1 cm³/mol. The van der Waals surface area contributed by atoms with Crippen molar-refractivity contribution in [1.82, 2.24) is 4.31 Å². The molecule has 0 aromatic heterocycles. The van der Waals surface area contributed by atoms with Gasteiger partial charge in [-0.25, -0.2) is 12.8 Å². The molecule has 0 saturated carbocycles. The van der Waals surface area contributed by atoms with Crippen LogP contribution in [0.4, 0.5) is 4.39 Å². The Morgan fingerprint density at radius 3 is 2.85 bits per heavy atom. The second-order valence-corrected chi connectivity index (χ2v) is 7.17. The van der Waals surface area contributed by atoms with Crippen LogP contribution in [0.2, 0.25) is 0 Å². The van der Waals surface area contributed by atoms with Gasteiger partial charge in [-0.15, -0.1) is 0 Å². The van der Waals surface area contributed by atoms with E-state index >= 15 is 0 Å². The third-order valence-corrected chi connectivity index (χ3v) is 5.76. The Hall–Kier alpha value is -0.980. The summed E-state index contributed by atoms with van der Waals surface area (Å²) >= 11 is 0. The summed E-state index contributed by atoms with van der Waals surface area (Å²) in [5.41, 5.74) is 6.03. The zero-order chi connectivity index (χ0) is 14.8. The van der Waals surface area contributed by atoms with Crippen LogP contribution >= 0.6 is 0 Å². The minimum absolute atomic E-state index is 0.0112. The van der Waals surface area contributed by atoms with Gasteiger partial charge in [0.05, 0.1) is 4.90 Å². The Labute approximate surface area is 119 Å². The van der Waals surface area contributed by atoms with Gasteiger partial charge in [-0.3, -0.25) is 0 Å². The van der Waals surface area contributed by atoms with Crippen molar-refractivity contribution in [2.24, 2.45) is 11.7 Å². The lowest BCUT2D eigenvalue weighted by molar-refractivity contribution is 0.443. The van der Waals surface area contributed by atoms with E-state index < -0.39 is 15.8 Å². The first-order chi connectivity index (χ1) is 9.48. The monoisotopic (exact) mass is 300 g/mol. The van der Waals surface area contributed by atoms with Crippen LogP contribution in [-0.4, -0.2) is 25.8 Å². The number of hydrogen-bond acceptors (Lipinski definition) is 3. The van der Waals surface area contributed by atoms with E-state index in [1.165, 1.54) is 16.4 Å². The molecule has 6 heteroatoms. The van der Waals surface area contributed by atoms with Crippen LogP contribution in [0.25, 0.3) is 0 Å². The molecule has 1 aliphatic rings. The lowest BCUT2D eigenvalue weighted by Gasteiger charge is -2.18. The highest BCUT2D eigenvalue weighted by atomic mass is 32.2. The van der Waals surface area contributed by atoms with Crippen LogP contribution in [0.3, 0.4) is 0 Å². The molecule has 0 radical (unpaired) electrons. The van der Waals surface area contributed by atoms with Crippen molar-refractivity contribution in [2.75, 3.05) is 13.1 Å². The average Bonchev–Trinajstić information content (AvgIpc) is 2.88. The fourth-order valence-electron chi connectivity index (χ4n) is 2.74. The molecule has 1 aliphatic heterocycles. The van der Waals surface area contributed by atoms with E-state index in [1.54, 1.807) is 0 Å². The molecule has 1 saturated heterocycles. The Bertz CT molecular complexity index is 575. The standard InChI is InChI=1S/C14H21FN2O2S/c1-2-3-11-6-7-17(10-11)20(18,19)14-8-13(15)5-4-12(14)9-16/h4-5,8,11H,2-3,6-7,9-10,16H2,1H3. The number of benzene rings is 1. The number of rotatable bonds is 5. The Kier molecular flexibility index (Phi) is 4.78. The number of nitrogens with zero attached hydrogens (tertiary/aromatic N) is 1. The maximum Gasteiger partial charge on any atom is 0.243 e. The highest BCUT2D eigenvalue weighted by Gasteiger charge is 2.33. The van der Waals surface area contributed by atoms with Gasteiger partial charge in [0.1, 0.15) is 5.82 Å². The smallest absolute Gasteiger partial charge is 0.243 e. The van der Waals surface area contributed by atoms with Gasteiger partial charge in [0.2, 0.25) is 10.0 Å². The number of hydrogen-bond donors (Lipinski definition) is 1. The zero-order valence-electron chi connectivity index (χ0n) is 11.7. The molecule has 20 heavy (non-hydrogen) atoms. The highest BCUT2D eigenvalue weighted by molar-refractivity contribution is 7.89. The summed E-state index contributed by atoms with van der Waals surface area (Å²) in [7, 11) is -3.64. The van der Waals surface area contributed by atoms with Gasteiger partial charge in [-0.1, -0.05) is 19.4 Å².